The van der Waals surface area contributed by atoms with Gasteiger partial charge in [-0.2, -0.15) is 0 Å². The van der Waals surface area contributed by atoms with Crippen LogP contribution < -0.4 is 10.9 Å². The summed E-state index contributed by atoms with van der Waals surface area (Å²) in [6, 6.07) is 4.59. The maximum atomic E-state index is 13.7. The third-order valence-corrected chi connectivity index (χ3v) is 4.58. The van der Waals surface area contributed by atoms with Gasteiger partial charge in [0.1, 0.15) is 29.5 Å². The predicted molar refractivity (Wildman–Crippen MR) is 92.0 cm³/mol. The van der Waals surface area contributed by atoms with Gasteiger partial charge < -0.3 is 9.88 Å². The number of aryl methyl sites for hydroxylation is 2. The molecule has 6 nitrogen and oxygen atoms in total. The Bertz CT molecular complexity index is 1100. The molecule has 26 heavy (non-hydrogen) atoms. The van der Waals surface area contributed by atoms with Crippen molar-refractivity contribution in [2.24, 2.45) is 0 Å². The molecule has 0 saturated carbocycles. The number of aromatic nitrogens is 3. The summed E-state index contributed by atoms with van der Waals surface area (Å²) in [5.41, 5.74) is 1.18. The smallest absolute Gasteiger partial charge is 0.278 e. The first-order valence-corrected chi connectivity index (χ1v) is 8.28. The number of amides is 1. The van der Waals surface area contributed by atoms with E-state index in [1.165, 1.54) is 0 Å². The third kappa shape index (κ3) is 2.67. The molecule has 0 spiro atoms. The lowest BCUT2D eigenvalue weighted by molar-refractivity contribution is -0.116. The molecule has 0 radical (unpaired) electrons. The van der Waals surface area contributed by atoms with Crippen LogP contribution in [0, 0.1) is 18.6 Å². The Kier molecular flexibility index (Phi) is 3.82. The maximum absolute atomic E-state index is 13.7. The molecule has 1 N–H and O–H groups in total. The lowest BCUT2D eigenvalue weighted by Crippen LogP contribution is -2.26. The quantitative estimate of drug-likeness (QED) is 0.782. The van der Waals surface area contributed by atoms with Crippen molar-refractivity contribution in [3.05, 3.63) is 57.8 Å². The van der Waals surface area contributed by atoms with Gasteiger partial charge in [-0.25, -0.2) is 13.8 Å². The minimum atomic E-state index is -0.728. The number of hydrogen-bond donors (Lipinski definition) is 1. The van der Waals surface area contributed by atoms with Crippen molar-refractivity contribution in [1.29, 1.82) is 0 Å². The first-order valence-electron chi connectivity index (χ1n) is 8.28. The number of hydrogen-bond acceptors (Lipinski definition) is 3. The number of nitrogens with zero attached hydrogens (tertiary/aromatic N) is 3. The van der Waals surface area contributed by atoms with Crippen LogP contribution in [0.4, 0.5) is 14.5 Å². The molecule has 1 amide bonds. The monoisotopic (exact) mass is 358 g/mol. The van der Waals surface area contributed by atoms with E-state index in [4.69, 9.17) is 0 Å². The van der Waals surface area contributed by atoms with Gasteiger partial charge in [0.15, 0.2) is 0 Å². The average Bonchev–Trinajstić information content (AvgIpc) is 3.16. The van der Waals surface area contributed by atoms with Gasteiger partial charge in [-0.15, -0.1) is 0 Å². The highest BCUT2D eigenvalue weighted by Gasteiger charge is 2.21. The number of nitrogens with one attached hydrogen (secondary N) is 1. The molecule has 1 aliphatic heterocycles. The zero-order valence-corrected chi connectivity index (χ0v) is 14.1. The van der Waals surface area contributed by atoms with Crippen LogP contribution in [0.25, 0.3) is 11.0 Å². The molecule has 1 aliphatic rings. The van der Waals surface area contributed by atoms with Crippen molar-refractivity contribution in [1.82, 2.24) is 14.1 Å². The van der Waals surface area contributed by atoms with Crippen LogP contribution in [0.2, 0.25) is 0 Å². The van der Waals surface area contributed by atoms with Gasteiger partial charge in [0, 0.05) is 24.7 Å². The van der Waals surface area contributed by atoms with Crippen molar-refractivity contribution in [3.8, 4) is 0 Å². The van der Waals surface area contributed by atoms with E-state index in [0.717, 1.165) is 36.9 Å². The number of rotatable bonds is 3. The van der Waals surface area contributed by atoms with Gasteiger partial charge in [-0.3, -0.25) is 14.2 Å². The van der Waals surface area contributed by atoms with Crippen LogP contribution in [0.15, 0.2) is 29.1 Å². The Morgan fingerprint density at radius 1 is 1.31 bits per heavy atom. The molecule has 0 bridgehead atoms. The molecule has 0 fully saturated rings. The lowest BCUT2D eigenvalue weighted by atomic mass is 10.3. The molecular weight excluding hydrogens is 342 g/mol. The second kappa shape index (κ2) is 6.05. The molecule has 2 aromatic heterocycles. The van der Waals surface area contributed by atoms with Gasteiger partial charge in [0.25, 0.3) is 5.56 Å². The van der Waals surface area contributed by atoms with Crippen molar-refractivity contribution < 1.29 is 13.6 Å². The fourth-order valence-electron chi connectivity index (χ4n) is 3.36. The van der Waals surface area contributed by atoms with Crippen LogP contribution >= 0.6 is 0 Å². The van der Waals surface area contributed by atoms with E-state index < -0.39 is 17.5 Å². The van der Waals surface area contributed by atoms with Gasteiger partial charge in [-0.05, 0) is 31.5 Å². The van der Waals surface area contributed by atoms with E-state index >= 15 is 0 Å². The normalized spacial score (nSPS) is 13.2. The maximum Gasteiger partial charge on any atom is 0.278 e. The molecular formula is C18H16F2N4O2. The molecule has 4 rings (SSSR count). The molecule has 3 heterocycles. The topological polar surface area (TPSA) is 68.9 Å². The van der Waals surface area contributed by atoms with E-state index in [9.17, 15) is 18.4 Å². The molecule has 0 saturated heterocycles. The minimum absolute atomic E-state index is 0.180. The van der Waals surface area contributed by atoms with Crippen molar-refractivity contribution >= 4 is 22.6 Å². The van der Waals surface area contributed by atoms with Gasteiger partial charge in [0.2, 0.25) is 5.91 Å². The third-order valence-electron chi connectivity index (χ3n) is 4.58. The van der Waals surface area contributed by atoms with Crippen LogP contribution in [-0.2, 0) is 24.3 Å². The zero-order chi connectivity index (χ0) is 18.4. The highest BCUT2D eigenvalue weighted by molar-refractivity contribution is 5.92. The van der Waals surface area contributed by atoms with Gasteiger partial charge in [0.05, 0.1) is 11.2 Å². The van der Waals surface area contributed by atoms with Crippen LogP contribution in [0.1, 0.15) is 17.9 Å². The molecule has 134 valence electrons. The summed E-state index contributed by atoms with van der Waals surface area (Å²) in [5, 5.41) is 2.35. The lowest BCUT2D eigenvalue weighted by Gasteiger charge is -2.10. The molecule has 8 heteroatoms. The fraction of sp³-hybridized carbons (Fsp3) is 0.278. The van der Waals surface area contributed by atoms with E-state index in [-0.39, 0.29) is 17.8 Å². The SMILES string of the molecule is Cc1cc2nc3n(c(=O)c2n1CC(=O)Nc1cc(F)ccc1F)CCC3. The summed E-state index contributed by atoms with van der Waals surface area (Å²) in [5.74, 6) is -1.18. The standard InChI is InChI=1S/C18H16F2N4O2/c1-10-7-14-17(18(26)23-6-2-3-15(23)21-14)24(10)9-16(25)22-13-8-11(19)4-5-12(13)20/h4-5,7-8H,2-3,6,9H2,1H3,(H,22,25). The Hall–Kier alpha value is -3.03. The van der Waals surface area contributed by atoms with Crippen molar-refractivity contribution in [2.45, 2.75) is 32.9 Å². The van der Waals surface area contributed by atoms with Crippen LogP contribution in [0.5, 0.6) is 0 Å². The summed E-state index contributed by atoms with van der Waals surface area (Å²) in [4.78, 5) is 29.6. The van der Waals surface area contributed by atoms with Crippen LogP contribution in [0.3, 0.4) is 0 Å². The largest absolute Gasteiger partial charge is 0.330 e. The molecule has 0 atom stereocenters. The molecule has 1 aromatic carbocycles. The average molecular weight is 358 g/mol. The summed E-state index contributed by atoms with van der Waals surface area (Å²) >= 11 is 0. The zero-order valence-electron chi connectivity index (χ0n) is 14.1. The molecule has 0 unspecified atom stereocenters. The van der Waals surface area contributed by atoms with Gasteiger partial charge in [-0.1, -0.05) is 0 Å². The summed E-state index contributed by atoms with van der Waals surface area (Å²) in [6.07, 6.45) is 1.63. The summed E-state index contributed by atoms with van der Waals surface area (Å²) < 4.78 is 30.1. The minimum Gasteiger partial charge on any atom is -0.330 e. The predicted octanol–water partition coefficient (Wildman–Crippen LogP) is 2.37. The first-order chi connectivity index (χ1) is 12.4. The first kappa shape index (κ1) is 16.4. The Morgan fingerprint density at radius 3 is 2.92 bits per heavy atom. The number of fused-ring (bicyclic) bond motifs is 2. The van der Waals surface area contributed by atoms with Crippen LogP contribution in [-0.4, -0.2) is 20.0 Å². The Morgan fingerprint density at radius 2 is 2.12 bits per heavy atom. The Balaban J connectivity index is 1.69. The van der Waals surface area contributed by atoms with Gasteiger partial charge >= 0.3 is 0 Å². The Labute approximate surface area is 147 Å². The van der Waals surface area contributed by atoms with Crippen molar-refractivity contribution in [2.75, 3.05) is 5.32 Å². The van der Waals surface area contributed by atoms with E-state index in [2.05, 4.69) is 10.3 Å². The number of carbonyl (C=O) groups is 1. The van der Waals surface area contributed by atoms with Crippen molar-refractivity contribution in [3.63, 3.8) is 0 Å². The van der Waals surface area contributed by atoms with E-state index in [0.29, 0.717) is 23.3 Å². The number of benzene rings is 1. The summed E-state index contributed by atoms with van der Waals surface area (Å²) in [6.45, 7) is 2.19. The van der Waals surface area contributed by atoms with E-state index in [1.54, 1.807) is 22.1 Å². The summed E-state index contributed by atoms with van der Waals surface area (Å²) in [7, 11) is 0. The molecule has 0 aliphatic carbocycles. The number of carbonyl (C=O) groups excluding carboxylic acids is 1. The highest BCUT2D eigenvalue weighted by atomic mass is 19.1. The fourth-order valence-corrected chi connectivity index (χ4v) is 3.36. The second-order valence-corrected chi connectivity index (χ2v) is 6.37. The van der Waals surface area contributed by atoms with E-state index in [1.807, 2.05) is 0 Å². The highest BCUT2D eigenvalue weighted by Crippen LogP contribution is 2.19. The number of anilines is 1. The second-order valence-electron chi connectivity index (χ2n) is 6.37. The number of halogens is 2. The molecule has 3 aromatic rings.